The van der Waals surface area contributed by atoms with Gasteiger partial charge in [-0.3, -0.25) is 4.79 Å². The molecule has 1 aromatic heterocycles. The van der Waals surface area contributed by atoms with Crippen LogP contribution < -0.4 is 5.32 Å². The van der Waals surface area contributed by atoms with Crippen LogP contribution in [0.3, 0.4) is 0 Å². The Balaban J connectivity index is 1.36. The van der Waals surface area contributed by atoms with Crippen LogP contribution in [0.4, 0.5) is 0 Å². The third kappa shape index (κ3) is 4.49. The Morgan fingerprint density at radius 2 is 1.73 bits per heavy atom. The molecule has 0 radical (unpaired) electrons. The zero-order chi connectivity index (χ0) is 17.9. The minimum atomic E-state index is 0.0255. The van der Waals surface area contributed by atoms with Gasteiger partial charge in [0, 0.05) is 30.3 Å². The molecule has 2 aliphatic carbocycles. The Bertz CT molecular complexity index is 838. The normalized spacial score (nSPS) is 17.1. The fourth-order valence-corrected chi connectivity index (χ4v) is 2.86. The van der Waals surface area contributed by atoms with Crippen molar-refractivity contribution in [3.63, 3.8) is 0 Å². The third-order valence-corrected chi connectivity index (χ3v) is 4.94. The Hall–Kier alpha value is -2.67. The summed E-state index contributed by atoms with van der Waals surface area (Å²) in [7, 11) is 0. The number of rotatable bonds is 5. The van der Waals surface area contributed by atoms with E-state index in [4.69, 9.17) is 0 Å². The van der Waals surface area contributed by atoms with Crippen LogP contribution in [-0.4, -0.2) is 15.9 Å². The van der Waals surface area contributed by atoms with E-state index in [1.807, 2.05) is 43.6 Å². The molecule has 4 heteroatoms. The van der Waals surface area contributed by atoms with Crippen molar-refractivity contribution in [1.29, 1.82) is 0 Å². The van der Waals surface area contributed by atoms with Gasteiger partial charge in [-0.15, -0.1) is 0 Å². The minimum Gasteiger partial charge on any atom is -0.349 e. The highest BCUT2D eigenvalue weighted by atomic mass is 16.2. The Labute approximate surface area is 154 Å². The number of hydrogen-bond donors (Lipinski definition) is 1. The van der Waals surface area contributed by atoms with Gasteiger partial charge < -0.3 is 5.32 Å². The quantitative estimate of drug-likeness (QED) is 0.845. The summed E-state index contributed by atoms with van der Waals surface area (Å²) in [5.74, 6) is 8.39. The predicted molar refractivity (Wildman–Crippen MR) is 100 cm³/mol. The molecule has 1 atom stereocenters. The molecule has 26 heavy (non-hydrogen) atoms. The van der Waals surface area contributed by atoms with Crippen molar-refractivity contribution in [2.45, 2.75) is 45.1 Å². The second-order valence-electron chi connectivity index (χ2n) is 7.41. The summed E-state index contributed by atoms with van der Waals surface area (Å²) in [6.45, 7) is 2.02. The average Bonchev–Trinajstić information content (AvgIpc) is 3.55. The highest BCUT2D eigenvalue weighted by molar-refractivity contribution is 5.81. The molecule has 0 unspecified atom stereocenters. The van der Waals surface area contributed by atoms with E-state index >= 15 is 0 Å². The highest BCUT2D eigenvalue weighted by Gasteiger charge is 2.30. The maximum absolute atomic E-state index is 11.9. The van der Waals surface area contributed by atoms with E-state index in [0.717, 1.165) is 47.7 Å². The first-order valence-corrected chi connectivity index (χ1v) is 9.40. The van der Waals surface area contributed by atoms with E-state index in [1.165, 1.54) is 12.8 Å². The van der Waals surface area contributed by atoms with E-state index in [0.29, 0.717) is 0 Å². The molecule has 0 bridgehead atoms. The van der Waals surface area contributed by atoms with Crippen LogP contribution in [0.15, 0.2) is 36.7 Å². The molecule has 1 heterocycles. The lowest BCUT2D eigenvalue weighted by atomic mass is 10.1. The highest BCUT2D eigenvalue weighted by Crippen LogP contribution is 2.31. The largest absolute Gasteiger partial charge is 0.349 e. The smallest absolute Gasteiger partial charge is 0.223 e. The Kier molecular flexibility index (Phi) is 4.71. The van der Waals surface area contributed by atoms with Crippen LogP contribution in [0.2, 0.25) is 0 Å². The van der Waals surface area contributed by atoms with Crippen LogP contribution in [0, 0.1) is 23.7 Å². The van der Waals surface area contributed by atoms with Gasteiger partial charge in [0.25, 0.3) is 0 Å². The minimum absolute atomic E-state index is 0.0255. The Morgan fingerprint density at radius 3 is 2.35 bits per heavy atom. The monoisotopic (exact) mass is 345 g/mol. The molecular weight excluding hydrogens is 322 g/mol. The molecule has 4 rings (SSSR count). The van der Waals surface area contributed by atoms with Gasteiger partial charge in [0.2, 0.25) is 5.91 Å². The predicted octanol–water partition coefficient (Wildman–Crippen LogP) is 3.42. The van der Waals surface area contributed by atoms with E-state index in [9.17, 15) is 4.79 Å². The zero-order valence-corrected chi connectivity index (χ0v) is 15.0. The van der Waals surface area contributed by atoms with Crippen LogP contribution in [0.1, 0.15) is 61.2 Å². The number of benzene rings is 1. The number of nitrogens with one attached hydrogen (secondary N) is 1. The van der Waals surface area contributed by atoms with Gasteiger partial charge in [-0.05, 0) is 56.2 Å². The van der Waals surface area contributed by atoms with Crippen LogP contribution in [-0.2, 0) is 11.2 Å². The summed E-state index contributed by atoms with van der Waals surface area (Å²) in [4.78, 5) is 20.7. The summed E-state index contributed by atoms with van der Waals surface area (Å²) >= 11 is 0. The number of hydrogen-bond acceptors (Lipinski definition) is 3. The summed E-state index contributed by atoms with van der Waals surface area (Å²) in [6, 6.07) is 8.06. The maximum atomic E-state index is 11.9. The van der Waals surface area contributed by atoms with Gasteiger partial charge in [-0.25, -0.2) is 9.97 Å². The molecule has 0 spiro atoms. The second kappa shape index (κ2) is 7.29. The van der Waals surface area contributed by atoms with Gasteiger partial charge in [0.05, 0.1) is 11.6 Å². The van der Waals surface area contributed by atoms with E-state index < -0.39 is 0 Å². The van der Waals surface area contributed by atoms with Crippen molar-refractivity contribution >= 4 is 5.91 Å². The van der Waals surface area contributed by atoms with E-state index in [-0.39, 0.29) is 17.9 Å². The lowest BCUT2D eigenvalue weighted by Crippen LogP contribution is -2.27. The van der Waals surface area contributed by atoms with Crippen molar-refractivity contribution in [3.05, 3.63) is 59.2 Å². The van der Waals surface area contributed by atoms with Crippen molar-refractivity contribution in [2.75, 3.05) is 0 Å². The van der Waals surface area contributed by atoms with E-state index in [2.05, 4.69) is 27.1 Å². The van der Waals surface area contributed by atoms with Gasteiger partial charge >= 0.3 is 0 Å². The third-order valence-electron chi connectivity index (χ3n) is 4.94. The fraction of sp³-hybridized carbons (Fsp3) is 0.409. The molecule has 4 nitrogen and oxygen atoms in total. The van der Waals surface area contributed by atoms with Crippen molar-refractivity contribution in [3.8, 4) is 11.8 Å². The average molecular weight is 345 g/mol. The molecule has 0 saturated heterocycles. The summed E-state index contributed by atoms with van der Waals surface area (Å²) in [5, 5.41) is 3.07. The lowest BCUT2D eigenvalue weighted by Gasteiger charge is -2.14. The molecule has 1 N–H and O–H groups in total. The lowest BCUT2D eigenvalue weighted by molar-refractivity contribution is -0.122. The van der Waals surface area contributed by atoms with E-state index in [1.54, 1.807) is 0 Å². The fourth-order valence-electron chi connectivity index (χ4n) is 2.86. The summed E-state index contributed by atoms with van der Waals surface area (Å²) < 4.78 is 0. The molecule has 2 aliphatic rings. The number of carbonyl (C=O) groups is 1. The first-order chi connectivity index (χ1) is 12.7. The number of aromatic nitrogens is 2. The molecule has 132 valence electrons. The van der Waals surface area contributed by atoms with Crippen molar-refractivity contribution < 1.29 is 4.79 Å². The number of carbonyl (C=O) groups excluding carboxylic acids is 1. The van der Waals surface area contributed by atoms with Gasteiger partial charge in [0.15, 0.2) is 0 Å². The van der Waals surface area contributed by atoms with Crippen LogP contribution in [0.5, 0.6) is 0 Å². The molecule has 0 aliphatic heterocycles. The Morgan fingerprint density at radius 1 is 1.08 bits per heavy atom. The van der Waals surface area contributed by atoms with Gasteiger partial charge in [-0.1, -0.05) is 24.0 Å². The SMILES string of the molecule is C[C@H](NC(=O)C1CC1)c1ccc(C#Cc2cnc(CC3CC3)nc2)cc1. The summed E-state index contributed by atoms with van der Waals surface area (Å²) in [6.07, 6.45) is 9.28. The zero-order valence-electron chi connectivity index (χ0n) is 15.0. The van der Waals surface area contributed by atoms with Gasteiger partial charge in [-0.2, -0.15) is 0 Å². The first-order valence-electron chi connectivity index (χ1n) is 9.40. The second-order valence-corrected chi connectivity index (χ2v) is 7.41. The number of amides is 1. The van der Waals surface area contributed by atoms with Crippen molar-refractivity contribution in [2.24, 2.45) is 11.8 Å². The molecule has 2 fully saturated rings. The van der Waals surface area contributed by atoms with Gasteiger partial charge in [0.1, 0.15) is 5.82 Å². The molecule has 1 aromatic carbocycles. The van der Waals surface area contributed by atoms with Crippen LogP contribution >= 0.6 is 0 Å². The topological polar surface area (TPSA) is 54.9 Å². The first kappa shape index (κ1) is 16.8. The molecule has 2 saturated carbocycles. The number of nitrogens with zero attached hydrogens (tertiary/aromatic N) is 2. The van der Waals surface area contributed by atoms with Crippen molar-refractivity contribution in [1.82, 2.24) is 15.3 Å². The maximum Gasteiger partial charge on any atom is 0.223 e. The molecule has 2 aromatic rings. The summed E-state index contributed by atoms with van der Waals surface area (Å²) in [5.41, 5.74) is 2.87. The molecular formula is C22H23N3O. The standard InChI is InChI=1S/C22H23N3O/c1-15(25-22(26)20-10-11-20)19-8-6-16(7-9-19)2-5-18-13-23-21(24-14-18)12-17-3-4-17/h6-9,13-15,17,20H,3-4,10-12H2,1H3,(H,25,26)/t15-/m0/s1. The van der Waals surface area contributed by atoms with Crippen LogP contribution in [0.25, 0.3) is 0 Å². The molecule has 1 amide bonds.